The average Bonchev–Trinajstić information content (AvgIpc) is 3.34. The first-order valence-corrected chi connectivity index (χ1v) is 9.09. The first-order chi connectivity index (χ1) is 11.6. The van der Waals surface area contributed by atoms with Gasteiger partial charge in [-0.2, -0.15) is 0 Å². The predicted octanol–water partition coefficient (Wildman–Crippen LogP) is 3.58. The summed E-state index contributed by atoms with van der Waals surface area (Å²) in [5, 5.41) is 0. The molecule has 0 aromatic carbocycles. The summed E-state index contributed by atoms with van der Waals surface area (Å²) in [5.41, 5.74) is 15.3. The van der Waals surface area contributed by atoms with Crippen LogP contribution in [-0.4, -0.2) is 16.9 Å². The maximum Gasteiger partial charge on any atom is 0.267 e. The summed E-state index contributed by atoms with van der Waals surface area (Å²) < 4.78 is 0. The van der Waals surface area contributed by atoms with Crippen molar-refractivity contribution in [2.24, 2.45) is 11.7 Å². The summed E-state index contributed by atoms with van der Waals surface area (Å²) in [5.74, 6) is 0.468. The Hall–Kier alpha value is -1.88. The normalized spacial score (nSPS) is 18.6. The number of pyridine rings is 1. The minimum atomic E-state index is -0.476. The van der Waals surface area contributed by atoms with Gasteiger partial charge in [0.25, 0.3) is 5.91 Å². The quantitative estimate of drug-likeness (QED) is 0.787. The standard InChI is InChI=1S/C15H20N4O.2C2H6/c1-8(2)12-5-10(6-13(18-12)15(16)20)11-7-17-19-14(11)9-3-4-9;2*1-2/h5-9,14,17,19H,3-4H2,1-2H3,(H2,16,20);2*1-2H3. The molecule has 2 heterocycles. The van der Waals surface area contributed by atoms with Gasteiger partial charge in [0.2, 0.25) is 0 Å². The van der Waals surface area contributed by atoms with Crippen LogP contribution in [0.15, 0.2) is 18.3 Å². The molecule has 1 saturated carbocycles. The van der Waals surface area contributed by atoms with Crippen LogP contribution < -0.4 is 16.6 Å². The van der Waals surface area contributed by atoms with E-state index in [-0.39, 0.29) is 5.92 Å². The van der Waals surface area contributed by atoms with Gasteiger partial charge in [0.15, 0.2) is 0 Å². The third-order valence-electron chi connectivity index (χ3n) is 3.92. The summed E-state index contributed by atoms with van der Waals surface area (Å²) in [6.45, 7) is 12.1. The number of hydrazine groups is 1. The largest absolute Gasteiger partial charge is 0.364 e. The fourth-order valence-electron chi connectivity index (χ4n) is 2.58. The Balaban J connectivity index is 0.000000671. The topological polar surface area (TPSA) is 80.0 Å². The molecule has 1 aromatic heterocycles. The SMILES string of the molecule is CC.CC.CC(C)c1cc(C2=CNNC2C2CC2)cc(C(N)=O)n1. The van der Waals surface area contributed by atoms with E-state index in [1.807, 2.05) is 33.9 Å². The molecule has 0 spiro atoms. The number of primary amides is 1. The molecular formula is C19H32N4O. The first kappa shape index (κ1) is 20.2. The highest BCUT2D eigenvalue weighted by Gasteiger charge is 2.36. The first-order valence-electron chi connectivity index (χ1n) is 9.09. The van der Waals surface area contributed by atoms with E-state index in [2.05, 4.69) is 35.7 Å². The van der Waals surface area contributed by atoms with E-state index in [1.165, 1.54) is 18.4 Å². The van der Waals surface area contributed by atoms with Gasteiger partial charge in [0.1, 0.15) is 5.69 Å². The number of rotatable bonds is 4. The van der Waals surface area contributed by atoms with E-state index in [4.69, 9.17) is 5.73 Å². The van der Waals surface area contributed by atoms with Crippen LogP contribution in [0.4, 0.5) is 0 Å². The van der Waals surface area contributed by atoms with E-state index in [0.29, 0.717) is 17.7 Å². The minimum absolute atomic E-state index is 0.260. The number of amides is 1. The smallest absolute Gasteiger partial charge is 0.267 e. The summed E-state index contributed by atoms with van der Waals surface area (Å²) in [6, 6.07) is 4.18. The van der Waals surface area contributed by atoms with Crippen molar-refractivity contribution in [3.8, 4) is 0 Å². The molecule has 1 unspecified atom stereocenters. The molecule has 134 valence electrons. The van der Waals surface area contributed by atoms with E-state index in [1.54, 1.807) is 6.07 Å². The highest BCUT2D eigenvalue weighted by molar-refractivity contribution is 5.92. The number of nitrogens with zero attached hydrogens (tertiary/aromatic N) is 1. The van der Waals surface area contributed by atoms with Gasteiger partial charge < -0.3 is 11.2 Å². The summed E-state index contributed by atoms with van der Waals surface area (Å²) in [6.07, 6.45) is 4.48. The third kappa shape index (κ3) is 4.81. The molecule has 24 heavy (non-hydrogen) atoms. The van der Waals surface area contributed by atoms with Crippen molar-refractivity contribution < 1.29 is 4.79 Å². The molecule has 5 heteroatoms. The lowest BCUT2D eigenvalue weighted by molar-refractivity contribution is 0.0995. The average molecular weight is 332 g/mol. The van der Waals surface area contributed by atoms with Crippen molar-refractivity contribution in [1.29, 1.82) is 0 Å². The molecule has 1 aromatic rings. The second-order valence-corrected chi connectivity index (χ2v) is 5.89. The maximum atomic E-state index is 11.5. The molecule has 0 bridgehead atoms. The Morgan fingerprint density at radius 2 is 1.83 bits per heavy atom. The lowest BCUT2D eigenvalue weighted by atomic mass is 9.95. The van der Waals surface area contributed by atoms with E-state index < -0.39 is 5.91 Å². The fourth-order valence-corrected chi connectivity index (χ4v) is 2.58. The van der Waals surface area contributed by atoms with Crippen LogP contribution in [0.3, 0.4) is 0 Å². The van der Waals surface area contributed by atoms with Crippen molar-refractivity contribution in [3.63, 3.8) is 0 Å². The Kier molecular flexibility index (Phi) is 7.92. The van der Waals surface area contributed by atoms with Crippen molar-refractivity contribution in [2.75, 3.05) is 0 Å². The number of nitrogens with two attached hydrogens (primary N) is 1. The molecule has 2 aliphatic rings. The Bertz CT molecular complexity index is 577. The van der Waals surface area contributed by atoms with E-state index >= 15 is 0 Å². The van der Waals surface area contributed by atoms with Crippen LogP contribution in [0.1, 0.15) is 82.0 Å². The summed E-state index contributed by atoms with van der Waals surface area (Å²) in [4.78, 5) is 15.8. The lowest BCUT2D eigenvalue weighted by Crippen LogP contribution is -2.33. The highest BCUT2D eigenvalue weighted by Crippen LogP contribution is 2.39. The highest BCUT2D eigenvalue weighted by atomic mass is 16.1. The number of aromatic nitrogens is 1. The van der Waals surface area contributed by atoms with Gasteiger partial charge in [0.05, 0.1) is 6.04 Å². The number of nitrogens with one attached hydrogen (secondary N) is 2. The zero-order valence-electron chi connectivity index (χ0n) is 15.8. The van der Waals surface area contributed by atoms with Gasteiger partial charge in [-0.15, -0.1) is 0 Å². The lowest BCUT2D eigenvalue weighted by Gasteiger charge is -2.16. The third-order valence-corrected chi connectivity index (χ3v) is 3.92. The molecule has 1 aliphatic carbocycles. The van der Waals surface area contributed by atoms with E-state index in [0.717, 1.165) is 11.3 Å². The van der Waals surface area contributed by atoms with Crippen LogP contribution in [0, 0.1) is 5.92 Å². The molecule has 5 nitrogen and oxygen atoms in total. The molecular weight excluding hydrogens is 300 g/mol. The number of hydrogen-bond acceptors (Lipinski definition) is 4. The van der Waals surface area contributed by atoms with Crippen molar-refractivity contribution >= 4 is 11.5 Å². The summed E-state index contributed by atoms with van der Waals surface area (Å²) >= 11 is 0. The van der Waals surface area contributed by atoms with Gasteiger partial charge in [-0.05, 0) is 47.9 Å². The van der Waals surface area contributed by atoms with Gasteiger partial charge in [0, 0.05) is 11.9 Å². The van der Waals surface area contributed by atoms with Crippen LogP contribution in [0.25, 0.3) is 5.57 Å². The fraction of sp³-hybridized carbons (Fsp3) is 0.579. The molecule has 1 atom stereocenters. The molecule has 1 amide bonds. The van der Waals surface area contributed by atoms with Crippen molar-refractivity contribution in [2.45, 2.75) is 66.3 Å². The second kappa shape index (κ2) is 9.42. The zero-order chi connectivity index (χ0) is 18.3. The van der Waals surface area contributed by atoms with Crippen LogP contribution in [0.2, 0.25) is 0 Å². The van der Waals surface area contributed by atoms with Gasteiger partial charge in [-0.1, -0.05) is 41.5 Å². The zero-order valence-corrected chi connectivity index (χ0v) is 15.8. The van der Waals surface area contributed by atoms with Crippen LogP contribution in [0.5, 0.6) is 0 Å². The number of hydrogen-bond donors (Lipinski definition) is 3. The molecule has 1 fully saturated rings. The molecule has 3 rings (SSSR count). The predicted molar refractivity (Wildman–Crippen MR) is 100 cm³/mol. The molecule has 4 N–H and O–H groups in total. The number of carbonyl (C=O) groups is 1. The molecule has 0 saturated heterocycles. The van der Waals surface area contributed by atoms with E-state index in [9.17, 15) is 4.79 Å². The van der Waals surface area contributed by atoms with Gasteiger partial charge in [-0.3, -0.25) is 4.79 Å². The van der Waals surface area contributed by atoms with Crippen LogP contribution >= 0.6 is 0 Å². The van der Waals surface area contributed by atoms with Gasteiger partial charge in [-0.25, -0.2) is 10.4 Å². The monoisotopic (exact) mass is 332 g/mol. The molecule has 0 radical (unpaired) electrons. The van der Waals surface area contributed by atoms with Crippen molar-refractivity contribution in [1.82, 2.24) is 15.8 Å². The Labute approximate surface area is 146 Å². The Morgan fingerprint density at radius 3 is 2.33 bits per heavy atom. The molecule has 1 aliphatic heterocycles. The number of carbonyl (C=O) groups excluding carboxylic acids is 1. The maximum absolute atomic E-state index is 11.5. The van der Waals surface area contributed by atoms with Crippen molar-refractivity contribution in [3.05, 3.63) is 35.3 Å². The van der Waals surface area contributed by atoms with Gasteiger partial charge >= 0.3 is 0 Å². The minimum Gasteiger partial charge on any atom is -0.364 e. The van der Waals surface area contributed by atoms with Crippen LogP contribution in [-0.2, 0) is 0 Å². The Morgan fingerprint density at radius 1 is 1.21 bits per heavy atom. The second-order valence-electron chi connectivity index (χ2n) is 5.89. The summed E-state index contributed by atoms with van der Waals surface area (Å²) in [7, 11) is 0.